The third-order valence-electron chi connectivity index (χ3n) is 4.52. The lowest BCUT2D eigenvalue weighted by Crippen LogP contribution is -2.45. The SMILES string of the molecule is CN(C)c1ccc(/C=N/NC(=O)CN(C2CCCCC2)S(C)(=O)=O)cc1. The Morgan fingerprint density at radius 2 is 1.81 bits per heavy atom. The highest BCUT2D eigenvalue weighted by Crippen LogP contribution is 2.24. The number of hydrogen-bond acceptors (Lipinski definition) is 5. The second kappa shape index (κ2) is 9.14. The maximum atomic E-state index is 12.1. The highest BCUT2D eigenvalue weighted by Gasteiger charge is 2.29. The van der Waals surface area contributed by atoms with Gasteiger partial charge in [-0.3, -0.25) is 4.79 Å². The van der Waals surface area contributed by atoms with Crippen molar-refractivity contribution < 1.29 is 13.2 Å². The van der Waals surface area contributed by atoms with Crippen LogP contribution in [-0.4, -0.2) is 57.8 Å². The minimum Gasteiger partial charge on any atom is -0.378 e. The van der Waals surface area contributed by atoms with Gasteiger partial charge in [0.05, 0.1) is 19.0 Å². The average Bonchev–Trinajstić information content (AvgIpc) is 2.60. The lowest BCUT2D eigenvalue weighted by Gasteiger charge is -2.31. The highest BCUT2D eigenvalue weighted by molar-refractivity contribution is 7.88. The van der Waals surface area contributed by atoms with Crippen molar-refractivity contribution in [2.45, 2.75) is 38.1 Å². The van der Waals surface area contributed by atoms with Gasteiger partial charge in [0.1, 0.15) is 0 Å². The summed E-state index contributed by atoms with van der Waals surface area (Å²) in [5, 5.41) is 3.94. The second-order valence-electron chi connectivity index (χ2n) is 6.88. The summed E-state index contributed by atoms with van der Waals surface area (Å²) in [7, 11) is 0.489. The van der Waals surface area contributed by atoms with Gasteiger partial charge in [-0.25, -0.2) is 13.8 Å². The van der Waals surface area contributed by atoms with Crippen LogP contribution in [0.25, 0.3) is 0 Å². The van der Waals surface area contributed by atoms with E-state index in [0.29, 0.717) is 0 Å². The molecule has 1 aliphatic carbocycles. The molecule has 0 aliphatic heterocycles. The molecule has 0 aromatic heterocycles. The molecule has 1 amide bonds. The molecule has 1 aliphatic rings. The number of carbonyl (C=O) groups excluding carboxylic acids is 1. The van der Waals surface area contributed by atoms with E-state index < -0.39 is 15.9 Å². The van der Waals surface area contributed by atoms with Crippen LogP contribution in [0.3, 0.4) is 0 Å². The maximum absolute atomic E-state index is 12.1. The summed E-state index contributed by atoms with van der Waals surface area (Å²) < 4.78 is 25.4. The third-order valence-corrected chi connectivity index (χ3v) is 5.80. The Morgan fingerprint density at radius 3 is 2.35 bits per heavy atom. The first kappa shape index (κ1) is 20.4. The molecule has 144 valence electrons. The summed E-state index contributed by atoms with van der Waals surface area (Å²) in [6.07, 6.45) is 7.44. The van der Waals surface area contributed by atoms with Gasteiger partial charge in [0, 0.05) is 25.8 Å². The number of sulfonamides is 1. The van der Waals surface area contributed by atoms with E-state index in [2.05, 4.69) is 10.5 Å². The van der Waals surface area contributed by atoms with Gasteiger partial charge in [-0.1, -0.05) is 31.4 Å². The molecule has 2 rings (SSSR count). The Bertz CT molecular complexity index is 723. The second-order valence-corrected chi connectivity index (χ2v) is 8.81. The molecule has 26 heavy (non-hydrogen) atoms. The molecular weight excluding hydrogens is 352 g/mol. The molecule has 1 aromatic rings. The lowest BCUT2D eigenvalue weighted by molar-refractivity contribution is -0.121. The molecule has 1 saturated carbocycles. The largest absolute Gasteiger partial charge is 0.378 e. The molecule has 0 saturated heterocycles. The number of rotatable bonds is 7. The fraction of sp³-hybridized carbons (Fsp3) is 0.556. The van der Waals surface area contributed by atoms with E-state index in [0.717, 1.165) is 49.6 Å². The van der Waals surface area contributed by atoms with Gasteiger partial charge in [0.2, 0.25) is 10.0 Å². The number of hydrazone groups is 1. The number of anilines is 1. The minimum atomic E-state index is -3.43. The lowest BCUT2D eigenvalue weighted by atomic mass is 9.95. The van der Waals surface area contributed by atoms with Crippen molar-refractivity contribution >= 4 is 27.8 Å². The van der Waals surface area contributed by atoms with Crippen LogP contribution >= 0.6 is 0 Å². The Kier molecular flexibility index (Phi) is 7.16. The van der Waals surface area contributed by atoms with E-state index in [1.165, 1.54) is 4.31 Å². The molecule has 0 radical (unpaired) electrons. The van der Waals surface area contributed by atoms with Crippen molar-refractivity contribution in [3.63, 3.8) is 0 Å². The van der Waals surface area contributed by atoms with Crippen molar-refractivity contribution in [3.8, 4) is 0 Å². The summed E-state index contributed by atoms with van der Waals surface area (Å²) in [6.45, 7) is -0.194. The van der Waals surface area contributed by atoms with Gasteiger partial charge in [-0.15, -0.1) is 0 Å². The Labute approximate surface area is 156 Å². The highest BCUT2D eigenvalue weighted by atomic mass is 32.2. The number of nitrogens with zero attached hydrogens (tertiary/aromatic N) is 3. The normalized spacial score (nSPS) is 16.2. The zero-order valence-corrected chi connectivity index (χ0v) is 16.5. The van der Waals surface area contributed by atoms with E-state index in [4.69, 9.17) is 0 Å². The molecular formula is C18H28N4O3S. The molecule has 0 bridgehead atoms. The van der Waals surface area contributed by atoms with E-state index in [1.807, 2.05) is 43.3 Å². The van der Waals surface area contributed by atoms with Crippen LogP contribution in [0.1, 0.15) is 37.7 Å². The minimum absolute atomic E-state index is 0.0907. The Morgan fingerprint density at radius 1 is 1.19 bits per heavy atom. The summed E-state index contributed by atoms with van der Waals surface area (Å²) in [5.74, 6) is -0.429. The van der Waals surface area contributed by atoms with Crippen LogP contribution in [0.5, 0.6) is 0 Å². The first-order valence-electron chi connectivity index (χ1n) is 8.83. The van der Waals surface area contributed by atoms with E-state index in [-0.39, 0.29) is 12.6 Å². The van der Waals surface area contributed by atoms with Crippen LogP contribution in [0, 0.1) is 0 Å². The molecule has 0 spiro atoms. The first-order valence-corrected chi connectivity index (χ1v) is 10.7. The fourth-order valence-electron chi connectivity index (χ4n) is 3.10. The van der Waals surface area contributed by atoms with Crippen molar-refractivity contribution in [1.29, 1.82) is 0 Å². The molecule has 0 atom stereocenters. The molecule has 8 heteroatoms. The predicted molar refractivity (Wildman–Crippen MR) is 105 cm³/mol. The first-order chi connectivity index (χ1) is 12.3. The van der Waals surface area contributed by atoms with E-state index in [9.17, 15) is 13.2 Å². The van der Waals surface area contributed by atoms with Crippen LogP contribution < -0.4 is 10.3 Å². The van der Waals surface area contributed by atoms with Gasteiger partial charge in [-0.2, -0.15) is 9.41 Å². The number of benzene rings is 1. The van der Waals surface area contributed by atoms with Gasteiger partial charge in [0.15, 0.2) is 0 Å². The number of carbonyl (C=O) groups is 1. The van der Waals surface area contributed by atoms with Crippen molar-refractivity contribution in [2.24, 2.45) is 5.10 Å². The molecule has 0 unspecified atom stereocenters. The third kappa shape index (κ3) is 6.10. The van der Waals surface area contributed by atoms with Crippen molar-refractivity contribution in [3.05, 3.63) is 29.8 Å². The van der Waals surface area contributed by atoms with Crippen molar-refractivity contribution in [2.75, 3.05) is 31.8 Å². The van der Waals surface area contributed by atoms with Gasteiger partial charge < -0.3 is 4.90 Å². The molecule has 1 aromatic carbocycles. The van der Waals surface area contributed by atoms with Crippen LogP contribution in [0.15, 0.2) is 29.4 Å². The summed E-state index contributed by atoms with van der Waals surface area (Å²) in [5.41, 5.74) is 4.35. The van der Waals surface area contributed by atoms with Gasteiger partial charge in [0.25, 0.3) is 5.91 Å². The maximum Gasteiger partial charge on any atom is 0.255 e. The molecule has 1 fully saturated rings. The van der Waals surface area contributed by atoms with Gasteiger partial charge in [-0.05, 0) is 30.5 Å². The Hall–Kier alpha value is -1.93. The number of nitrogens with one attached hydrogen (secondary N) is 1. The fourth-order valence-corrected chi connectivity index (χ4v) is 4.20. The Balaban J connectivity index is 1.93. The van der Waals surface area contributed by atoms with E-state index >= 15 is 0 Å². The zero-order chi connectivity index (χ0) is 19.2. The smallest absolute Gasteiger partial charge is 0.255 e. The van der Waals surface area contributed by atoms with E-state index in [1.54, 1.807) is 6.21 Å². The number of amides is 1. The van der Waals surface area contributed by atoms with Crippen LogP contribution in [0.4, 0.5) is 5.69 Å². The van der Waals surface area contributed by atoms with Crippen molar-refractivity contribution in [1.82, 2.24) is 9.73 Å². The number of hydrogen-bond donors (Lipinski definition) is 1. The van der Waals surface area contributed by atoms with Gasteiger partial charge >= 0.3 is 0 Å². The quantitative estimate of drug-likeness (QED) is 0.578. The molecule has 1 N–H and O–H groups in total. The summed E-state index contributed by atoms with van der Waals surface area (Å²) in [4.78, 5) is 14.1. The zero-order valence-electron chi connectivity index (χ0n) is 15.7. The molecule has 0 heterocycles. The molecule has 7 nitrogen and oxygen atoms in total. The topological polar surface area (TPSA) is 82.1 Å². The predicted octanol–water partition coefficient (Wildman–Crippen LogP) is 1.80. The monoisotopic (exact) mass is 380 g/mol. The van der Waals surface area contributed by atoms with Crippen LogP contribution in [-0.2, 0) is 14.8 Å². The summed E-state index contributed by atoms with van der Waals surface area (Å²) >= 11 is 0. The standard InChI is InChI=1S/C18H28N4O3S/c1-21(2)16-11-9-15(10-12-16)13-19-20-18(23)14-22(26(3,24)25)17-7-5-4-6-8-17/h9-13,17H,4-8,14H2,1-3H3,(H,20,23)/b19-13+. The summed E-state index contributed by atoms with van der Waals surface area (Å²) in [6, 6.07) is 7.62. The van der Waals surface area contributed by atoms with Crippen LogP contribution in [0.2, 0.25) is 0 Å². The average molecular weight is 381 g/mol.